The molecule has 210 valence electrons. The number of ether oxygens (including phenoxy) is 2. The smallest absolute Gasteiger partial charge is 0.314 e. The van der Waals surface area contributed by atoms with Crippen molar-refractivity contribution in [2.45, 2.75) is 117 Å². The Kier molecular flexibility index (Phi) is 12.5. The molecule has 2 saturated heterocycles. The molecule has 0 spiro atoms. The average Bonchev–Trinajstić information content (AvgIpc) is 3.16. The molecule has 2 rings (SSSR count). The van der Waals surface area contributed by atoms with Crippen LogP contribution in [-0.4, -0.2) is 77.7 Å². The number of Topliss-reactive ketones (excluding diaryl/α,β-unsaturated/α-hetero) is 1. The molecule has 0 aliphatic carbocycles. The summed E-state index contributed by atoms with van der Waals surface area (Å²) < 4.78 is 10.5. The molecule has 37 heavy (non-hydrogen) atoms. The Morgan fingerprint density at radius 2 is 1.54 bits per heavy atom. The Bertz CT molecular complexity index is 814. The van der Waals surface area contributed by atoms with Gasteiger partial charge in [-0.1, -0.05) is 20.3 Å². The summed E-state index contributed by atoms with van der Waals surface area (Å²) in [7, 11) is 0. The molecule has 3 unspecified atom stereocenters. The zero-order chi connectivity index (χ0) is 27.4. The van der Waals surface area contributed by atoms with Gasteiger partial charge in [0.2, 0.25) is 11.8 Å². The second-order valence-electron chi connectivity index (χ2n) is 10.6. The maximum absolute atomic E-state index is 13.3. The third-order valence-electron chi connectivity index (χ3n) is 7.93. The molecule has 2 aliphatic heterocycles. The van der Waals surface area contributed by atoms with E-state index in [4.69, 9.17) is 9.47 Å². The quantitative estimate of drug-likeness (QED) is 0.183. The lowest BCUT2D eigenvalue weighted by Crippen LogP contribution is -2.51. The highest BCUT2D eigenvalue weighted by molar-refractivity contribution is 5.94. The van der Waals surface area contributed by atoms with Gasteiger partial charge in [0.1, 0.15) is 25.4 Å². The molecule has 2 aliphatic rings. The van der Waals surface area contributed by atoms with Crippen molar-refractivity contribution < 1.29 is 33.4 Å². The van der Waals surface area contributed by atoms with Crippen molar-refractivity contribution in [2.24, 2.45) is 5.41 Å². The minimum absolute atomic E-state index is 0.0605. The number of amides is 2. The van der Waals surface area contributed by atoms with Crippen LogP contribution in [0.4, 0.5) is 0 Å². The predicted molar refractivity (Wildman–Crippen MR) is 138 cm³/mol. The molecule has 2 amide bonds. The van der Waals surface area contributed by atoms with E-state index in [0.29, 0.717) is 32.2 Å². The number of nitrogens with zero attached hydrogens (tertiary/aromatic N) is 2. The minimum Gasteiger partial charge on any atom is -0.462 e. The Labute approximate surface area is 221 Å². The maximum atomic E-state index is 13.3. The van der Waals surface area contributed by atoms with E-state index < -0.39 is 17.4 Å². The summed E-state index contributed by atoms with van der Waals surface area (Å²) in [6.45, 7) is 8.40. The number of rotatable bonds is 15. The van der Waals surface area contributed by atoms with Crippen LogP contribution in [0.2, 0.25) is 0 Å². The number of hydrogen-bond acceptors (Lipinski definition) is 7. The molecular formula is C28H46N2O7. The van der Waals surface area contributed by atoms with Gasteiger partial charge in [0.15, 0.2) is 0 Å². The standard InChI is InChI=1S/C28H46N2O7/c1-5-22(29-16-9-7-8-14-24(29)32)12-10-13-23(30-17-11-15-25(30)33)28(4,6-2)27(35)37-19-18-36-26(34)20-21(3)31/h22-23H,5-20H2,1-4H3. The van der Waals surface area contributed by atoms with Crippen LogP contribution in [0.1, 0.15) is 105 Å². The van der Waals surface area contributed by atoms with Gasteiger partial charge < -0.3 is 19.3 Å². The summed E-state index contributed by atoms with van der Waals surface area (Å²) in [5.74, 6) is -1.05. The summed E-state index contributed by atoms with van der Waals surface area (Å²) in [4.78, 5) is 65.2. The summed E-state index contributed by atoms with van der Waals surface area (Å²) in [6, 6.07) is -0.136. The van der Waals surface area contributed by atoms with Crippen LogP contribution in [0.25, 0.3) is 0 Å². The Hall–Kier alpha value is -2.45. The molecule has 9 heteroatoms. The first-order valence-corrected chi connectivity index (χ1v) is 14.0. The lowest BCUT2D eigenvalue weighted by atomic mass is 9.76. The van der Waals surface area contributed by atoms with Crippen LogP contribution in [0, 0.1) is 5.41 Å². The van der Waals surface area contributed by atoms with E-state index in [-0.39, 0.29) is 49.3 Å². The van der Waals surface area contributed by atoms with Crippen molar-refractivity contribution >= 4 is 29.5 Å². The fourth-order valence-electron chi connectivity index (χ4n) is 5.56. The monoisotopic (exact) mass is 522 g/mol. The molecule has 0 aromatic carbocycles. The van der Waals surface area contributed by atoms with Crippen molar-refractivity contribution in [3.63, 3.8) is 0 Å². The van der Waals surface area contributed by atoms with E-state index in [1.165, 1.54) is 6.92 Å². The van der Waals surface area contributed by atoms with Crippen molar-refractivity contribution in [1.82, 2.24) is 9.80 Å². The molecule has 3 atom stereocenters. The number of hydrogen-bond donors (Lipinski definition) is 0. The van der Waals surface area contributed by atoms with Gasteiger partial charge in [-0.25, -0.2) is 0 Å². The van der Waals surface area contributed by atoms with Crippen molar-refractivity contribution in [3.05, 3.63) is 0 Å². The molecule has 0 radical (unpaired) electrons. The maximum Gasteiger partial charge on any atom is 0.314 e. The first kappa shape index (κ1) is 30.8. The fourth-order valence-corrected chi connectivity index (χ4v) is 5.56. The van der Waals surface area contributed by atoms with Crippen molar-refractivity contribution in [1.29, 1.82) is 0 Å². The van der Waals surface area contributed by atoms with Crippen molar-refractivity contribution in [3.8, 4) is 0 Å². The highest BCUT2D eigenvalue weighted by atomic mass is 16.6. The molecule has 0 bridgehead atoms. The first-order valence-electron chi connectivity index (χ1n) is 14.0. The highest BCUT2D eigenvalue weighted by Gasteiger charge is 2.46. The molecule has 2 heterocycles. The van der Waals surface area contributed by atoms with E-state index in [0.717, 1.165) is 51.5 Å². The number of likely N-dealkylation sites (tertiary alicyclic amines) is 2. The van der Waals surface area contributed by atoms with Crippen LogP contribution in [0.3, 0.4) is 0 Å². The Balaban J connectivity index is 2.04. The fraction of sp³-hybridized carbons (Fsp3) is 0.821. The van der Waals surface area contributed by atoms with E-state index >= 15 is 0 Å². The van der Waals surface area contributed by atoms with Gasteiger partial charge in [-0.2, -0.15) is 0 Å². The molecule has 0 N–H and O–H groups in total. The van der Waals surface area contributed by atoms with E-state index in [1.54, 1.807) is 0 Å². The molecule has 9 nitrogen and oxygen atoms in total. The SMILES string of the molecule is CCC(CCCC(N1CCCC1=O)C(C)(CC)C(=O)OCCOC(=O)CC(C)=O)N1CCCCCC1=O. The number of ketones is 1. The zero-order valence-electron chi connectivity index (χ0n) is 23.2. The van der Waals surface area contributed by atoms with Gasteiger partial charge in [-0.15, -0.1) is 0 Å². The highest BCUT2D eigenvalue weighted by Crippen LogP contribution is 2.37. The summed E-state index contributed by atoms with van der Waals surface area (Å²) in [5, 5.41) is 0. The van der Waals surface area contributed by atoms with E-state index in [9.17, 15) is 24.0 Å². The van der Waals surface area contributed by atoms with Crippen molar-refractivity contribution in [2.75, 3.05) is 26.3 Å². The third-order valence-corrected chi connectivity index (χ3v) is 7.93. The van der Waals surface area contributed by atoms with Gasteiger partial charge in [0, 0.05) is 38.0 Å². The zero-order valence-corrected chi connectivity index (χ0v) is 23.2. The van der Waals surface area contributed by atoms with Gasteiger partial charge in [-0.05, 0) is 65.2 Å². The topological polar surface area (TPSA) is 110 Å². The molecule has 0 aromatic heterocycles. The van der Waals surface area contributed by atoms with Crippen LogP contribution in [0.15, 0.2) is 0 Å². The second kappa shape index (κ2) is 15.1. The predicted octanol–water partition coefficient (Wildman–Crippen LogP) is 3.81. The number of carbonyl (C=O) groups excluding carboxylic acids is 5. The van der Waals surface area contributed by atoms with Crippen LogP contribution in [0.5, 0.6) is 0 Å². The normalized spacial score (nSPS) is 19.7. The molecule has 2 fully saturated rings. The molecule has 0 saturated carbocycles. The third kappa shape index (κ3) is 8.82. The van der Waals surface area contributed by atoms with E-state index in [1.807, 2.05) is 23.6 Å². The summed E-state index contributed by atoms with van der Waals surface area (Å²) in [6.07, 6.45) is 8.31. The number of esters is 2. The molecule has 0 aromatic rings. The lowest BCUT2D eigenvalue weighted by molar-refractivity contribution is -0.165. The van der Waals surface area contributed by atoms with Gasteiger partial charge in [-0.3, -0.25) is 24.0 Å². The Morgan fingerprint density at radius 3 is 2.16 bits per heavy atom. The molecular weight excluding hydrogens is 476 g/mol. The van der Waals surface area contributed by atoms with Crippen LogP contribution < -0.4 is 0 Å². The van der Waals surface area contributed by atoms with Crippen LogP contribution in [-0.2, 0) is 33.4 Å². The first-order chi connectivity index (χ1) is 17.6. The Morgan fingerprint density at radius 1 is 0.892 bits per heavy atom. The minimum atomic E-state index is -0.913. The largest absolute Gasteiger partial charge is 0.462 e. The van der Waals surface area contributed by atoms with Crippen LogP contribution >= 0.6 is 0 Å². The average molecular weight is 523 g/mol. The van der Waals surface area contributed by atoms with Gasteiger partial charge in [0.25, 0.3) is 0 Å². The second-order valence-corrected chi connectivity index (χ2v) is 10.6. The lowest BCUT2D eigenvalue weighted by Gasteiger charge is -2.41. The summed E-state index contributed by atoms with van der Waals surface area (Å²) in [5.41, 5.74) is -0.913. The van der Waals surface area contributed by atoms with Gasteiger partial charge >= 0.3 is 11.9 Å². The van der Waals surface area contributed by atoms with E-state index in [2.05, 4.69) is 6.92 Å². The summed E-state index contributed by atoms with van der Waals surface area (Å²) >= 11 is 0. The van der Waals surface area contributed by atoms with Gasteiger partial charge in [0.05, 0.1) is 5.41 Å². The number of carbonyl (C=O) groups is 5.